The number of hydrogen-bond donors (Lipinski definition) is 1. The molecule has 0 aliphatic carbocycles. The molecule has 0 spiro atoms. The molecule has 5 nitrogen and oxygen atoms in total. The molecule has 1 N–H and O–H groups in total. The third-order valence-corrected chi connectivity index (χ3v) is 3.33. The van der Waals surface area contributed by atoms with Gasteiger partial charge in [0.25, 0.3) is 0 Å². The SMILES string of the molecule is CNC(Cc1ccc(OC)c(OC)c1)c1ccn(C)n1. The van der Waals surface area contributed by atoms with E-state index in [0.29, 0.717) is 0 Å². The number of methoxy groups -OCH3 is 2. The van der Waals surface area contributed by atoms with E-state index in [1.54, 1.807) is 14.2 Å². The first-order chi connectivity index (χ1) is 9.67. The molecular weight excluding hydrogens is 254 g/mol. The van der Waals surface area contributed by atoms with Gasteiger partial charge in [-0.1, -0.05) is 6.07 Å². The number of aromatic nitrogens is 2. The Morgan fingerprint density at radius 1 is 1.20 bits per heavy atom. The van der Waals surface area contributed by atoms with E-state index in [2.05, 4.69) is 16.5 Å². The monoisotopic (exact) mass is 275 g/mol. The zero-order valence-electron chi connectivity index (χ0n) is 12.4. The smallest absolute Gasteiger partial charge is 0.160 e. The molecule has 0 aliphatic heterocycles. The molecule has 20 heavy (non-hydrogen) atoms. The van der Waals surface area contributed by atoms with Crippen molar-refractivity contribution in [2.75, 3.05) is 21.3 Å². The van der Waals surface area contributed by atoms with Gasteiger partial charge in [0.1, 0.15) is 0 Å². The summed E-state index contributed by atoms with van der Waals surface area (Å²) in [4.78, 5) is 0. The summed E-state index contributed by atoms with van der Waals surface area (Å²) in [7, 11) is 7.16. The zero-order chi connectivity index (χ0) is 14.5. The van der Waals surface area contributed by atoms with Crippen molar-refractivity contribution in [2.24, 2.45) is 7.05 Å². The Morgan fingerprint density at radius 2 is 1.95 bits per heavy atom. The van der Waals surface area contributed by atoms with Crippen molar-refractivity contribution in [3.05, 3.63) is 41.7 Å². The second-order valence-electron chi connectivity index (χ2n) is 4.65. The van der Waals surface area contributed by atoms with E-state index in [1.807, 2.05) is 43.2 Å². The normalized spacial score (nSPS) is 12.2. The highest BCUT2D eigenvalue weighted by atomic mass is 16.5. The van der Waals surface area contributed by atoms with Gasteiger partial charge in [0.05, 0.1) is 26.0 Å². The van der Waals surface area contributed by atoms with Crippen LogP contribution in [0.3, 0.4) is 0 Å². The summed E-state index contributed by atoms with van der Waals surface area (Å²) in [6.07, 6.45) is 2.79. The lowest BCUT2D eigenvalue weighted by atomic mass is 10.0. The summed E-state index contributed by atoms with van der Waals surface area (Å²) in [5.74, 6) is 1.50. The van der Waals surface area contributed by atoms with Gasteiger partial charge in [0.2, 0.25) is 0 Å². The number of benzene rings is 1. The Kier molecular flexibility index (Phi) is 4.63. The van der Waals surface area contributed by atoms with E-state index in [-0.39, 0.29) is 6.04 Å². The minimum Gasteiger partial charge on any atom is -0.493 e. The minimum atomic E-state index is 0.175. The van der Waals surface area contributed by atoms with Crippen LogP contribution in [-0.2, 0) is 13.5 Å². The summed E-state index contributed by atoms with van der Waals surface area (Å²) in [6.45, 7) is 0. The summed E-state index contributed by atoms with van der Waals surface area (Å²) >= 11 is 0. The highest BCUT2D eigenvalue weighted by molar-refractivity contribution is 5.43. The summed E-state index contributed by atoms with van der Waals surface area (Å²) in [5, 5.41) is 7.75. The topological polar surface area (TPSA) is 48.3 Å². The molecule has 0 saturated heterocycles. The van der Waals surface area contributed by atoms with Gasteiger partial charge >= 0.3 is 0 Å². The van der Waals surface area contributed by atoms with Crippen LogP contribution in [0.1, 0.15) is 17.3 Å². The van der Waals surface area contributed by atoms with E-state index >= 15 is 0 Å². The first-order valence-electron chi connectivity index (χ1n) is 6.55. The number of aryl methyl sites for hydroxylation is 1. The molecule has 1 unspecified atom stereocenters. The standard InChI is InChI=1S/C15H21N3O2/c1-16-13(12-7-8-18(2)17-12)9-11-5-6-14(19-3)15(10-11)20-4/h5-8,10,13,16H,9H2,1-4H3. The maximum atomic E-state index is 5.34. The molecule has 2 rings (SSSR count). The molecule has 0 bridgehead atoms. The quantitative estimate of drug-likeness (QED) is 0.875. The van der Waals surface area contributed by atoms with Crippen LogP contribution in [0.4, 0.5) is 0 Å². The van der Waals surface area contributed by atoms with Gasteiger partial charge in [0, 0.05) is 13.2 Å². The first-order valence-corrected chi connectivity index (χ1v) is 6.55. The van der Waals surface area contributed by atoms with E-state index in [9.17, 15) is 0 Å². The summed E-state index contributed by atoms with van der Waals surface area (Å²) in [5.41, 5.74) is 2.21. The third-order valence-electron chi connectivity index (χ3n) is 3.33. The number of hydrogen-bond acceptors (Lipinski definition) is 4. The number of rotatable bonds is 6. The lowest BCUT2D eigenvalue weighted by molar-refractivity contribution is 0.354. The second kappa shape index (κ2) is 6.43. The molecule has 0 saturated carbocycles. The Morgan fingerprint density at radius 3 is 2.50 bits per heavy atom. The van der Waals surface area contributed by atoms with Crippen LogP contribution >= 0.6 is 0 Å². The fraction of sp³-hybridized carbons (Fsp3) is 0.400. The maximum absolute atomic E-state index is 5.34. The van der Waals surface area contributed by atoms with Gasteiger partial charge in [-0.15, -0.1) is 0 Å². The van der Waals surface area contributed by atoms with Crippen LogP contribution < -0.4 is 14.8 Å². The molecule has 1 heterocycles. The van der Waals surface area contributed by atoms with Crippen molar-refractivity contribution in [2.45, 2.75) is 12.5 Å². The lowest BCUT2D eigenvalue weighted by Crippen LogP contribution is -2.19. The Balaban J connectivity index is 2.19. The second-order valence-corrected chi connectivity index (χ2v) is 4.65. The summed E-state index contributed by atoms with van der Waals surface area (Å²) < 4.78 is 12.4. The molecule has 2 aromatic rings. The number of ether oxygens (including phenoxy) is 2. The van der Waals surface area contributed by atoms with Crippen molar-refractivity contribution in [3.63, 3.8) is 0 Å². The summed E-state index contributed by atoms with van der Waals surface area (Å²) in [6, 6.07) is 8.19. The van der Waals surface area contributed by atoms with Crippen molar-refractivity contribution in [3.8, 4) is 11.5 Å². The van der Waals surface area contributed by atoms with Crippen LogP contribution in [0, 0.1) is 0 Å². The zero-order valence-corrected chi connectivity index (χ0v) is 12.4. The lowest BCUT2D eigenvalue weighted by Gasteiger charge is -2.15. The van der Waals surface area contributed by atoms with Gasteiger partial charge in [-0.3, -0.25) is 4.68 Å². The van der Waals surface area contributed by atoms with Crippen molar-refractivity contribution >= 4 is 0 Å². The van der Waals surface area contributed by atoms with Crippen molar-refractivity contribution in [1.29, 1.82) is 0 Å². The molecule has 1 aromatic heterocycles. The fourth-order valence-electron chi connectivity index (χ4n) is 2.22. The van der Waals surface area contributed by atoms with Crippen molar-refractivity contribution < 1.29 is 9.47 Å². The maximum Gasteiger partial charge on any atom is 0.160 e. The van der Waals surface area contributed by atoms with E-state index in [0.717, 1.165) is 23.6 Å². The largest absolute Gasteiger partial charge is 0.493 e. The Bertz CT molecular complexity index is 566. The Hall–Kier alpha value is -2.01. The first kappa shape index (κ1) is 14.4. The molecule has 0 aliphatic rings. The molecule has 0 radical (unpaired) electrons. The Labute approximate surface area is 119 Å². The fourth-order valence-corrected chi connectivity index (χ4v) is 2.22. The minimum absolute atomic E-state index is 0.175. The predicted molar refractivity (Wildman–Crippen MR) is 78.3 cm³/mol. The molecule has 108 valence electrons. The van der Waals surface area contributed by atoms with Gasteiger partial charge < -0.3 is 14.8 Å². The third kappa shape index (κ3) is 3.11. The van der Waals surface area contributed by atoms with Crippen LogP contribution in [0.15, 0.2) is 30.5 Å². The number of nitrogens with zero attached hydrogens (tertiary/aromatic N) is 2. The average Bonchev–Trinajstić information content (AvgIpc) is 2.90. The molecule has 5 heteroatoms. The van der Waals surface area contributed by atoms with E-state index in [1.165, 1.54) is 5.56 Å². The number of nitrogens with one attached hydrogen (secondary N) is 1. The van der Waals surface area contributed by atoms with Gasteiger partial charge in [-0.25, -0.2) is 0 Å². The average molecular weight is 275 g/mol. The predicted octanol–water partition coefficient (Wildman–Crippen LogP) is 1.94. The van der Waals surface area contributed by atoms with Gasteiger partial charge in [0.15, 0.2) is 11.5 Å². The van der Waals surface area contributed by atoms with E-state index in [4.69, 9.17) is 9.47 Å². The van der Waals surface area contributed by atoms with Gasteiger partial charge in [-0.2, -0.15) is 5.10 Å². The van der Waals surface area contributed by atoms with Gasteiger partial charge in [-0.05, 0) is 37.2 Å². The van der Waals surface area contributed by atoms with Crippen LogP contribution in [0.5, 0.6) is 11.5 Å². The molecule has 0 amide bonds. The molecule has 1 atom stereocenters. The highest BCUT2D eigenvalue weighted by Crippen LogP contribution is 2.29. The van der Waals surface area contributed by atoms with Crippen LogP contribution in [0.2, 0.25) is 0 Å². The van der Waals surface area contributed by atoms with Crippen molar-refractivity contribution in [1.82, 2.24) is 15.1 Å². The van der Waals surface area contributed by atoms with E-state index < -0.39 is 0 Å². The van der Waals surface area contributed by atoms with Crippen LogP contribution in [-0.4, -0.2) is 31.0 Å². The number of likely N-dealkylation sites (N-methyl/N-ethyl adjacent to an activating group) is 1. The van der Waals surface area contributed by atoms with Crippen LogP contribution in [0.25, 0.3) is 0 Å². The highest BCUT2D eigenvalue weighted by Gasteiger charge is 2.14. The molecular formula is C15H21N3O2. The molecule has 0 fully saturated rings. The molecule has 1 aromatic carbocycles.